The molecule has 7 nitrogen and oxygen atoms in total. The van der Waals surface area contributed by atoms with Crippen LogP contribution < -0.4 is 10.6 Å². The first kappa shape index (κ1) is 22.2. The summed E-state index contributed by atoms with van der Waals surface area (Å²) in [5.74, 6) is -1.69. The molecule has 0 radical (unpaired) electrons. The number of carboxylic acid groups (broad SMARTS) is 1. The first-order valence-corrected chi connectivity index (χ1v) is 11.8. The summed E-state index contributed by atoms with van der Waals surface area (Å²) >= 11 is 0. The van der Waals surface area contributed by atoms with E-state index in [0.717, 1.165) is 0 Å². The number of amides is 2. The number of hydrogen-bond donors (Lipinski definition) is 3. The summed E-state index contributed by atoms with van der Waals surface area (Å²) in [4.78, 5) is 36.2. The fourth-order valence-corrected chi connectivity index (χ4v) is 5.45. The van der Waals surface area contributed by atoms with Crippen LogP contribution in [-0.2, 0) is 14.3 Å². The minimum Gasteiger partial charge on any atom is -0.481 e. The van der Waals surface area contributed by atoms with Gasteiger partial charge in [-0.05, 0) is 47.9 Å². The van der Waals surface area contributed by atoms with Crippen molar-refractivity contribution in [2.45, 2.75) is 43.7 Å². The summed E-state index contributed by atoms with van der Waals surface area (Å²) < 4.78 is 5.62. The van der Waals surface area contributed by atoms with Crippen molar-refractivity contribution in [1.29, 1.82) is 0 Å². The summed E-state index contributed by atoms with van der Waals surface area (Å²) in [6.07, 6.45) is 5.24. The third-order valence-electron chi connectivity index (χ3n) is 7.20. The van der Waals surface area contributed by atoms with Crippen LogP contribution in [-0.4, -0.2) is 41.8 Å². The molecule has 3 N–H and O–H groups in total. The van der Waals surface area contributed by atoms with Crippen LogP contribution in [0.1, 0.15) is 42.7 Å². The van der Waals surface area contributed by atoms with Crippen LogP contribution in [0.25, 0.3) is 11.1 Å². The van der Waals surface area contributed by atoms with Gasteiger partial charge in [-0.25, -0.2) is 4.79 Å². The molecule has 0 spiro atoms. The van der Waals surface area contributed by atoms with Crippen LogP contribution in [0.5, 0.6) is 0 Å². The van der Waals surface area contributed by atoms with E-state index in [-0.39, 0.29) is 36.4 Å². The zero-order valence-corrected chi connectivity index (χ0v) is 18.8. The van der Waals surface area contributed by atoms with Gasteiger partial charge in [0.25, 0.3) is 0 Å². The lowest BCUT2D eigenvalue weighted by Crippen LogP contribution is -2.38. The highest BCUT2D eigenvalue weighted by molar-refractivity contribution is 5.81. The molecule has 34 heavy (non-hydrogen) atoms. The number of benzene rings is 2. The van der Waals surface area contributed by atoms with Gasteiger partial charge in [-0.3, -0.25) is 9.59 Å². The van der Waals surface area contributed by atoms with Crippen molar-refractivity contribution in [2.75, 3.05) is 6.61 Å². The third kappa shape index (κ3) is 4.42. The topological polar surface area (TPSA) is 105 Å². The average Bonchev–Trinajstić information content (AvgIpc) is 3.56. The van der Waals surface area contributed by atoms with E-state index in [4.69, 9.17) is 9.84 Å². The van der Waals surface area contributed by atoms with Gasteiger partial charge < -0.3 is 20.5 Å². The number of carboxylic acids is 1. The summed E-state index contributed by atoms with van der Waals surface area (Å²) in [5, 5.41) is 14.9. The monoisotopic (exact) mass is 460 g/mol. The maximum Gasteiger partial charge on any atom is 0.407 e. The van der Waals surface area contributed by atoms with Crippen molar-refractivity contribution in [2.24, 2.45) is 11.8 Å². The van der Waals surface area contributed by atoms with E-state index in [1.165, 1.54) is 22.3 Å². The molecule has 7 heteroatoms. The van der Waals surface area contributed by atoms with Crippen molar-refractivity contribution >= 4 is 18.0 Å². The molecule has 4 atom stereocenters. The van der Waals surface area contributed by atoms with Gasteiger partial charge >= 0.3 is 12.1 Å². The quantitative estimate of drug-likeness (QED) is 0.568. The van der Waals surface area contributed by atoms with E-state index in [1.54, 1.807) is 12.2 Å². The number of aliphatic carboxylic acids is 1. The molecule has 2 aromatic rings. The van der Waals surface area contributed by atoms with E-state index < -0.39 is 18.0 Å². The summed E-state index contributed by atoms with van der Waals surface area (Å²) in [6, 6.07) is 16.0. The van der Waals surface area contributed by atoms with Gasteiger partial charge in [-0.2, -0.15) is 0 Å². The van der Waals surface area contributed by atoms with Crippen LogP contribution in [0.3, 0.4) is 0 Å². The molecule has 1 fully saturated rings. The van der Waals surface area contributed by atoms with Crippen molar-refractivity contribution in [3.63, 3.8) is 0 Å². The standard InChI is InChI=1S/C27H28N2O5/c30-25(28-18-12-10-17(14-18)26(31)32)16-9-11-19(13-16)29-27(33)34-15-24-22-7-3-1-5-20(22)21-6-2-4-8-23(21)24/h1-8,10,12,16-19,24H,9,11,13-15H2,(H,28,30)(H,29,33)(H,31,32). The molecule has 0 heterocycles. The van der Waals surface area contributed by atoms with E-state index in [1.807, 2.05) is 24.3 Å². The highest BCUT2D eigenvalue weighted by Crippen LogP contribution is 2.44. The Bertz CT molecular complexity index is 1100. The molecule has 3 aliphatic rings. The second kappa shape index (κ2) is 9.33. The van der Waals surface area contributed by atoms with Crippen LogP contribution in [0.15, 0.2) is 60.7 Å². The van der Waals surface area contributed by atoms with Crippen molar-refractivity contribution < 1.29 is 24.2 Å². The zero-order valence-electron chi connectivity index (χ0n) is 18.8. The maximum atomic E-state index is 12.6. The lowest BCUT2D eigenvalue weighted by Gasteiger charge is -2.18. The minimum atomic E-state index is -0.874. The van der Waals surface area contributed by atoms with E-state index >= 15 is 0 Å². The van der Waals surface area contributed by atoms with E-state index in [2.05, 4.69) is 34.9 Å². The molecule has 2 aromatic carbocycles. The molecule has 0 aliphatic heterocycles. The van der Waals surface area contributed by atoms with Crippen LogP contribution in [0.4, 0.5) is 4.79 Å². The molecule has 176 valence electrons. The SMILES string of the molecule is O=C(NC1CCC(C(=O)NC2C=CC(C(=O)O)C2)C1)OCC1c2ccccc2-c2ccccc21. The van der Waals surface area contributed by atoms with Crippen molar-refractivity contribution in [3.05, 3.63) is 71.8 Å². The average molecular weight is 461 g/mol. The van der Waals surface area contributed by atoms with E-state index in [9.17, 15) is 14.4 Å². The number of rotatable bonds is 6. The number of alkyl carbamates (subject to hydrolysis) is 1. The normalized spacial score (nSPS) is 24.9. The number of carbonyl (C=O) groups is 3. The van der Waals surface area contributed by atoms with Gasteiger partial charge in [0.15, 0.2) is 0 Å². The van der Waals surface area contributed by atoms with Gasteiger partial charge in [0.2, 0.25) is 5.91 Å². The third-order valence-corrected chi connectivity index (χ3v) is 7.20. The number of carbonyl (C=O) groups excluding carboxylic acids is 2. The van der Waals surface area contributed by atoms with Crippen molar-refractivity contribution in [3.8, 4) is 11.1 Å². The van der Waals surface area contributed by atoms with Crippen LogP contribution in [0, 0.1) is 11.8 Å². The Kier molecular flexibility index (Phi) is 6.09. The Balaban J connectivity index is 1.11. The van der Waals surface area contributed by atoms with Gasteiger partial charge in [-0.1, -0.05) is 60.7 Å². The van der Waals surface area contributed by atoms with Gasteiger partial charge in [0.05, 0.1) is 5.92 Å². The summed E-state index contributed by atoms with van der Waals surface area (Å²) in [7, 11) is 0. The number of hydrogen-bond acceptors (Lipinski definition) is 4. The fraction of sp³-hybridized carbons (Fsp3) is 0.370. The molecule has 0 saturated heterocycles. The minimum absolute atomic E-state index is 0.00866. The zero-order chi connectivity index (χ0) is 23.7. The van der Waals surface area contributed by atoms with Crippen molar-refractivity contribution in [1.82, 2.24) is 10.6 Å². The molecule has 3 aliphatic carbocycles. The summed E-state index contributed by atoms with van der Waals surface area (Å²) in [5.41, 5.74) is 4.70. The number of ether oxygens (including phenoxy) is 1. The second-order valence-electron chi connectivity index (χ2n) is 9.36. The molecule has 5 rings (SSSR count). The first-order chi connectivity index (χ1) is 16.5. The molecule has 0 bridgehead atoms. The highest BCUT2D eigenvalue weighted by atomic mass is 16.5. The lowest BCUT2D eigenvalue weighted by molar-refractivity contribution is -0.140. The predicted octanol–water partition coefficient (Wildman–Crippen LogP) is 3.84. The summed E-state index contributed by atoms with van der Waals surface area (Å²) in [6.45, 7) is 0.259. The van der Waals surface area contributed by atoms with Gasteiger partial charge in [0.1, 0.15) is 6.61 Å². The Labute approximate surface area is 198 Å². The van der Waals surface area contributed by atoms with Gasteiger partial charge in [0, 0.05) is 23.9 Å². The molecule has 4 unspecified atom stereocenters. The second-order valence-corrected chi connectivity index (χ2v) is 9.36. The molecule has 2 amide bonds. The Morgan fingerprint density at radius 1 is 0.882 bits per heavy atom. The highest BCUT2D eigenvalue weighted by Gasteiger charge is 2.34. The smallest absolute Gasteiger partial charge is 0.407 e. The number of nitrogens with one attached hydrogen (secondary N) is 2. The number of fused-ring (bicyclic) bond motifs is 3. The molecule has 0 aromatic heterocycles. The van der Waals surface area contributed by atoms with Gasteiger partial charge in [-0.15, -0.1) is 0 Å². The van der Waals surface area contributed by atoms with Crippen LogP contribution >= 0.6 is 0 Å². The molecular weight excluding hydrogens is 432 g/mol. The molecule has 1 saturated carbocycles. The van der Waals surface area contributed by atoms with E-state index in [0.29, 0.717) is 25.7 Å². The first-order valence-electron chi connectivity index (χ1n) is 11.8. The Morgan fingerprint density at radius 2 is 1.56 bits per heavy atom. The predicted molar refractivity (Wildman–Crippen MR) is 126 cm³/mol. The Hall–Kier alpha value is -3.61. The maximum absolute atomic E-state index is 12.6. The lowest BCUT2D eigenvalue weighted by atomic mass is 9.98. The molecular formula is C27H28N2O5. The largest absolute Gasteiger partial charge is 0.481 e. The fourth-order valence-electron chi connectivity index (χ4n) is 5.45. The Morgan fingerprint density at radius 3 is 2.21 bits per heavy atom. The van der Waals surface area contributed by atoms with Crippen LogP contribution in [0.2, 0.25) is 0 Å².